The lowest BCUT2D eigenvalue weighted by atomic mass is 9.94. The summed E-state index contributed by atoms with van der Waals surface area (Å²) in [5, 5.41) is 22.0. The van der Waals surface area contributed by atoms with E-state index in [0.29, 0.717) is 21.8 Å². The molecule has 5 rings (SSSR count). The molecule has 210 valence electrons. The molecule has 2 aromatic carbocycles. The van der Waals surface area contributed by atoms with Gasteiger partial charge >= 0.3 is 5.97 Å². The summed E-state index contributed by atoms with van der Waals surface area (Å²) in [6.07, 6.45) is 1.21. The summed E-state index contributed by atoms with van der Waals surface area (Å²) in [6.45, 7) is 8.28. The lowest BCUT2D eigenvalue weighted by Crippen LogP contribution is -2.43. The first kappa shape index (κ1) is 28.3. The molecule has 1 aliphatic heterocycles. The molecule has 0 saturated carbocycles. The van der Waals surface area contributed by atoms with Crippen molar-refractivity contribution >= 4 is 39.1 Å². The molecule has 1 fully saturated rings. The van der Waals surface area contributed by atoms with Gasteiger partial charge < -0.3 is 19.8 Å². The van der Waals surface area contributed by atoms with Crippen LogP contribution in [0.25, 0.3) is 21.3 Å². The summed E-state index contributed by atoms with van der Waals surface area (Å²) < 4.78 is 6.13. The van der Waals surface area contributed by atoms with Crippen molar-refractivity contribution in [2.45, 2.75) is 39.3 Å². The number of carboxylic acids is 1. The first-order chi connectivity index (χ1) is 19.3. The van der Waals surface area contributed by atoms with Crippen LogP contribution in [0.2, 0.25) is 5.02 Å². The van der Waals surface area contributed by atoms with E-state index in [9.17, 15) is 15.0 Å². The Balaban J connectivity index is 1.59. The quantitative estimate of drug-likeness (QED) is 0.271. The molecule has 4 aromatic rings. The van der Waals surface area contributed by atoms with Crippen molar-refractivity contribution in [2.75, 3.05) is 33.2 Å². The minimum atomic E-state index is -1.13. The van der Waals surface area contributed by atoms with Crippen molar-refractivity contribution < 1.29 is 19.7 Å². The number of fused-ring (bicyclic) bond motifs is 1. The predicted molar refractivity (Wildman–Crippen MR) is 159 cm³/mol. The molecule has 0 bridgehead atoms. The lowest BCUT2D eigenvalue weighted by molar-refractivity contribution is -0.145. The monoisotopic (exact) mass is 580 g/mol. The molecule has 8 nitrogen and oxygen atoms in total. The number of phenols is 1. The first-order valence-corrected chi connectivity index (χ1v) is 14.6. The Morgan fingerprint density at radius 2 is 1.90 bits per heavy atom. The number of rotatable bonds is 9. The number of nitrogens with zero attached hydrogens (tertiary/aromatic N) is 4. The van der Waals surface area contributed by atoms with Gasteiger partial charge in [0.25, 0.3) is 0 Å². The zero-order valence-corrected chi connectivity index (χ0v) is 24.4. The Morgan fingerprint density at radius 3 is 2.58 bits per heavy atom. The van der Waals surface area contributed by atoms with Crippen LogP contribution < -0.4 is 4.74 Å². The highest BCUT2D eigenvalue weighted by Gasteiger charge is 2.27. The number of hydrogen-bond donors (Lipinski definition) is 2. The number of benzene rings is 2. The van der Waals surface area contributed by atoms with Crippen molar-refractivity contribution in [2.24, 2.45) is 0 Å². The standard InChI is InChI=1S/C30H33ClN4O4S/c1-4-23-24(21-15-20(27(36)26(31)18(21)2)16-35-12-10-34(3)11-13-35)25-28(32-17-33-29(25)40-23)39-22(30(37)38)14-19-8-6-5-7-9-19/h5-9,15,17,22,36H,4,10-14,16H2,1-3H3,(H,37,38)/t22-/m1/s1. The number of aryl methyl sites for hydroxylation is 1. The average molecular weight is 581 g/mol. The van der Waals surface area contributed by atoms with E-state index in [1.807, 2.05) is 43.3 Å². The van der Waals surface area contributed by atoms with Gasteiger partial charge in [-0.1, -0.05) is 48.9 Å². The molecule has 0 radical (unpaired) electrons. The van der Waals surface area contributed by atoms with E-state index in [1.165, 1.54) is 17.7 Å². The highest BCUT2D eigenvalue weighted by Crippen LogP contribution is 2.46. The molecular weight excluding hydrogens is 548 g/mol. The maximum atomic E-state index is 12.2. The van der Waals surface area contributed by atoms with Crippen LogP contribution in [0.3, 0.4) is 0 Å². The Kier molecular flexibility index (Phi) is 8.56. The maximum absolute atomic E-state index is 12.2. The van der Waals surface area contributed by atoms with Crippen LogP contribution in [-0.2, 0) is 24.2 Å². The molecule has 1 atom stereocenters. The van der Waals surface area contributed by atoms with Crippen LogP contribution in [0.15, 0.2) is 42.7 Å². The fourth-order valence-corrected chi connectivity index (χ4v) is 6.44. The molecular formula is C30H33ClN4O4S. The molecule has 3 heterocycles. The van der Waals surface area contributed by atoms with Crippen LogP contribution in [0, 0.1) is 6.92 Å². The van der Waals surface area contributed by atoms with Gasteiger partial charge in [0, 0.05) is 55.1 Å². The number of aromatic nitrogens is 2. The second kappa shape index (κ2) is 12.1. The molecule has 1 saturated heterocycles. The second-order valence-corrected chi connectivity index (χ2v) is 11.7. The van der Waals surface area contributed by atoms with E-state index in [4.69, 9.17) is 16.3 Å². The van der Waals surface area contributed by atoms with E-state index in [2.05, 4.69) is 33.7 Å². The fraction of sp³-hybridized carbons (Fsp3) is 0.367. The molecule has 0 spiro atoms. The summed E-state index contributed by atoms with van der Waals surface area (Å²) in [6, 6.07) is 11.4. The molecule has 2 N–H and O–H groups in total. The van der Waals surface area contributed by atoms with Crippen molar-refractivity contribution in [1.82, 2.24) is 19.8 Å². The van der Waals surface area contributed by atoms with Gasteiger partial charge in [-0.15, -0.1) is 11.3 Å². The fourth-order valence-electron chi connectivity index (χ4n) is 5.13. The number of thiophene rings is 1. The number of piperazine rings is 1. The molecule has 1 aliphatic rings. The number of aromatic hydroxyl groups is 1. The Labute approximate surface area is 242 Å². The predicted octanol–water partition coefficient (Wildman–Crippen LogP) is 5.41. The first-order valence-electron chi connectivity index (χ1n) is 13.4. The van der Waals surface area contributed by atoms with Crippen molar-refractivity contribution in [1.29, 1.82) is 0 Å². The smallest absolute Gasteiger partial charge is 0.345 e. The number of carboxylic acid groups (broad SMARTS) is 1. The lowest BCUT2D eigenvalue weighted by Gasteiger charge is -2.32. The third-order valence-corrected chi connectivity index (χ3v) is 9.17. The van der Waals surface area contributed by atoms with E-state index in [1.54, 1.807) is 0 Å². The van der Waals surface area contributed by atoms with Crippen LogP contribution in [-0.4, -0.2) is 75.3 Å². The normalized spacial score (nSPS) is 15.4. The van der Waals surface area contributed by atoms with Gasteiger partial charge in [0.05, 0.1) is 10.4 Å². The van der Waals surface area contributed by atoms with E-state index < -0.39 is 12.1 Å². The summed E-state index contributed by atoms with van der Waals surface area (Å²) in [5.74, 6) is -0.745. The molecule has 2 aromatic heterocycles. The minimum absolute atomic E-state index is 0.0981. The number of carbonyl (C=O) groups is 1. The van der Waals surface area contributed by atoms with Gasteiger partial charge in [0.1, 0.15) is 16.9 Å². The van der Waals surface area contributed by atoms with Crippen LogP contribution in [0.4, 0.5) is 0 Å². The number of likely N-dealkylation sites (N-methyl/N-ethyl adjacent to an activating group) is 1. The number of phenolic OH excluding ortho intramolecular Hbond substituents is 1. The van der Waals surface area contributed by atoms with Gasteiger partial charge in [0.15, 0.2) is 0 Å². The summed E-state index contributed by atoms with van der Waals surface area (Å²) in [7, 11) is 2.11. The number of hydrogen-bond acceptors (Lipinski definition) is 8. The Morgan fingerprint density at radius 1 is 1.18 bits per heavy atom. The van der Waals surface area contributed by atoms with Gasteiger partial charge in [-0.2, -0.15) is 0 Å². The van der Waals surface area contributed by atoms with Crippen LogP contribution >= 0.6 is 22.9 Å². The van der Waals surface area contributed by atoms with Crippen molar-refractivity contribution in [3.8, 4) is 22.8 Å². The average Bonchev–Trinajstić information content (AvgIpc) is 3.34. The highest BCUT2D eigenvalue weighted by molar-refractivity contribution is 7.19. The van der Waals surface area contributed by atoms with Crippen molar-refractivity contribution in [3.05, 3.63) is 69.3 Å². The third kappa shape index (κ3) is 5.78. The number of ether oxygens (including phenoxy) is 1. The Bertz CT molecular complexity index is 1520. The summed E-state index contributed by atoms with van der Waals surface area (Å²) >= 11 is 8.27. The molecule has 0 unspecified atom stereocenters. The molecule has 0 amide bonds. The molecule has 0 aliphatic carbocycles. The zero-order chi connectivity index (χ0) is 28.4. The van der Waals surface area contributed by atoms with Gasteiger partial charge in [-0.05, 0) is 43.1 Å². The van der Waals surface area contributed by atoms with Crippen molar-refractivity contribution in [3.63, 3.8) is 0 Å². The SMILES string of the molecule is CCc1sc2ncnc(O[C@H](Cc3ccccc3)C(=O)O)c2c1-c1cc(CN2CCN(C)CC2)c(O)c(Cl)c1C. The highest BCUT2D eigenvalue weighted by atomic mass is 35.5. The van der Waals surface area contributed by atoms with Crippen LogP contribution in [0.5, 0.6) is 11.6 Å². The number of halogens is 1. The summed E-state index contributed by atoms with van der Waals surface area (Å²) in [4.78, 5) is 27.5. The van der Waals surface area contributed by atoms with E-state index in [-0.39, 0.29) is 18.1 Å². The molecule has 10 heteroatoms. The maximum Gasteiger partial charge on any atom is 0.345 e. The number of aliphatic carboxylic acids is 1. The van der Waals surface area contributed by atoms with E-state index in [0.717, 1.165) is 65.3 Å². The van der Waals surface area contributed by atoms with E-state index >= 15 is 0 Å². The van der Waals surface area contributed by atoms with Crippen LogP contribution in [0.1, 0.15) is 28.5 Å². The molecule has 40 heavy (non-hydrogen) atoms. The third-order valence-electron chi connectivity index (χ3n) is 7.46. The Hall–Kier alpha value is -3.24. The van der Waals surface area contributed by atoms with Gasteiger partial charge in [-0.25, -0.2) is 14.8 Å². The second-order valence-electron chi connectivity index (χ2n) is 10.2. The summed E-state index contributed by atoms with van der Waals surface area (Å²) in [5.41, 5.74) is 4.09. The zero-order valence-electron chi connectivity index (χ0n) is 22.9. The minimum Gasteiger partial charge on any atom is -0.506 e. The van der Waals surface area contributed by atoms with Gasteiger partial charge in [0.2, 0.25) is 12.0 Å². The topological polar surface area (TPSA) is 99.0 Å². The largest absolute Gasteiger partial charge is 0.506 e. The van der Waals surface area contributed by atoms with Gasteiger partial charge in [-0.3, -0.25) is 4.90 Å².